The molecule has 3 heteroatoms. The fourth-order valence-corrected chi connectivity index (χ4v) is 5.96. The zero-order valence-electron chi connectivity index (χ0n) is 26.1. The highest BCUT2D eigenvalue weighted by Crippen LogP contribution is 2.44. The molecule has 0 spiro atoms. The molecule has 0 radical (unpaired) electrons. The summed E-state index contributed by atoms with van der Waals surface area (Å²) in [6.45, 7) is 0. The average Bonchev–Trinajstić information content (AvgIpc) is 3.16. The number of nitrogens with zero attached hydrogens (tertiary/aromatic N) is 2. The van der Waals surface area contributed by atoms with Crippen molar-refractivity contribution in [2.45, 2.75) is 12.8 Å². The first-order valence-electron chi connectivity index (χ1n) is 15.7. The summed E-state index contributed by atoms with van der Waals surface area (Å²) in [7, 11) is 1.50. The molecule has 2 N–H and O–H groups in total. The maximum Gasteiger partial charge on any atom is 0.0714 e. The van der Waals surface area contributed by atoms with Gasteiger partial charge in [-0.3, -0.25) is 9.97 Å². The van der Waals surface area contributed by atoms with Crippen LogP contribution < -0.4 is 5.73 Å². The third-order valence-corrected chi connectivity index (χ3v) is 8.06. The highest BCUT2D eigenvalue weighted by molar-refractivity contribution is 6.21. The molecule has 2 aromatic heterocycles. The van der Waals surface area contributed by atoms with Crippen molar-refractivity contribution in [3.8, 4) is 44.8 Å². The molecule has 0 bridgehead atoms. The maximum absolute atomic E-state index is 4.82. The summed E-state index contributed by atoms with van der Waals surface area (Å²) in [5.74, 6) is 0. The van der Waals surface area contributed by atoms with Crippen molar-refractivity contribution in [3.63, 3.8) is 0 Å². The summed E-state index contributed by atoms with van der Waals surface area (Å²) >= 11 is 0. The minimum Gasteiger partial charge on any atom is -0.333 e. The summed E-state index contributed by atoms with van der Waals surface area (Å²) < 4.78 is 0. The topological polar surface area (TPSA) is 51.8 Å². The zero-order chi connectivity index (χ0) is 31.6. The van der Waals surface area contributed by atoms with Crippen LogP contribution in [-0.2, 0) is 0 Å². The number of rotatable bonds is 4. The Morgan fingerprint density at radius 3 is 1.17 bits per heavy atom. The lowest BCUT2D eigenvalue weighted by atomic mass is 9.86. The molecule has 0 fully saturated rings. The predicted octanol–water partition coefficient (Wildman–Crippen LogP) is 10.9. The number of hydrogen-bond acceptors (Lipinski definition) is 3. The SMILES string of the molecule is C1=CCCC=C1.CN.c1ccc(-c2ccc3c(-c4ccccn4)c4cc(-c5ccccc5)ccc4c(-c4ccccn4)c3c2)cc1. The maximum atomic E-state index is 4.82. The first-order chi connectivity index (χ1) is 22.9. The lowest BCUT2D eigenvalue weighted by Gasteiger charge is -2.18. The second kappa shape index (κ2) is 14.9. The molecule has 1 aliphatic carbocycles. The van der Waals surface area contributed by atoms with Gasteiger partial charge >= 0.3 is 0 Å². The molecule has 0 atom stereocenters. The Bertz CT molecular complexity index is 1930. The fraction of sp³-hybridized carbons (Fsp3) is 0.0698. The highest BCUT2D eigenvalue weighted by atomic mass is 14.7. The minimum atomic E-state index is 0.966. The van der Waals surface area contributed by atoms with E-state index in [4.69, 9.17) is 9.97 Å². The zero-order valence-corrected chi connectivity index (χ0v) is 26.1. The molecule has 0 unspecified atom stereocenters. The number of nitrogens with two attached hydrogens (primary N) is 1. The second-order valence-corrected chi connectivity index (χ2v) is 10.9. The van der Waals surface area contributed by atoms with Gasteiger partial charge in [0.2, 0.25) is 0 Å². The van der Waals surface area contributed by atoms with Crippen LogP contribution in [0, 0.1) is 0 Å². The van der Waals surface area contributed by atoms with Crippen molar-refractivity contribution in [1.82, 2.24) is 9.97 Å². The van der Waals surface area contributed by atoms with Crippen molar-refractivity contribution in [2.75, 3.05) is 7.05 Å². The van der Waals surface area contributed by atoms with E-state index in [1.54, 1.807) is 0 Å². The Kier molecular flexibility index (Phi) is 9.84. The van der Waals surface area contributed by atoms with Crippen LogP contribution in [0.15, 0.2) is 170 Å². The summed E-state index contributed by atoms with van der Waals surface area (Å²) in [5, 5.41) is 4.68. The van der Waals surface area contributed by atoms with Crippen LogP contribution in [0.5, 0.6) is 0 Å². The number of allylic oxidation sites excluding steroid dienone is 4. The van der Waals surface area contributed by atoms with Crippen molar-refractivity contribution in [2.24, 2.45) is 5.73 Å². The molecule has 7 aromatic rings. The van der Waals surface area contributed by atoms with E-state index in [0.29, 0.717) is 0 Å². The second-order valence-electron chi connectivity index (χ2n) is 10.9. The number of aromatic nitrogens is 2. The van der Waals surface area contributed by atoms with Crippen LogP contribution in [0.3, 0.4) is 0 Å². The Morgan fingerprint density at radius 2 is 0.826 bits per heavy atom. The van der Waals surface area contributed by atoms with Crippen LogP contribution in [0.1, 0.15) is 12.8 Å². The lowest BCUT2D eigenvalue weighted by molar-refractivity contribution is 1.04. The molecular weight excluding hydrogens is 558 g/mol. The third kappa shape index (κ3) is 6.56. The van der Waals surface area contributed by atoms with Gasteiger partial charge in [-0.25, -0.2) is 0 Å². The summed E-state index contributed by atoms with van der Waals surface area (Å²) in [6, 6.07) is 47.0. The van der Waals surface area contributed by atoms with Gasteiger partial charge < -0.3 is 5.73 Å². The molecule has 0 saturated carbocycles. The first kappa shape index (κ1) is 30.4. The van der Waals surface area contributed by atoms with Crippen LogP contribution in [0.25, 0.3) is 66.3 Å². The van der Waals surface area contributed by atoms with Gasteiger partial charge in [0.05, 0.1) is 11.4 Å². The normalized spacial score (nSPS) is 11.8. The first-order valence-corrected chi connectivity index (χ1v) is 15.7. The van der Waals surface area contributed by atoms with E-state index in [-0.39, 0.29) is 0 Å². The molecule has 224 valence electrons. The molecule has 0 aliphatic heterocycles. The molecule has 5 aromatic carbocycles. The van der Waals surface area contributed by atoms with Gasteiger partial charge in [-0.05, 0) is 100 Å². The Hall–Kier alpha value is -5.64. The van der Waals surface area contributed by atoms with Crippen LogP contribution in [0.4, 0.5) is 0 Å². The van der Waals surface area contributed by atoms with E-state index in [2.05, 4.69) is 151 Å². The van der Waals surface area contributed by atoms with Gasteiger partial charge in [-0.2, -0.15) is 0 Å². The lowest BCUT2D eigenvalue weighted by Crippen LogP contribution is -1.94. The number of fused-ring (bicyclic) bond motifs is 2. The minimum absolute atomic E-state index is 0.966. The van der Waals surface area contributed by atoms with Gasteiger partial charge in [0.1, 0.15) is 0 Å². The molecule has 1 aliphatic rings. The highest BCUT2D eigenvalue weighted by Gasteiger charge is 2.19. The number of pyridine rings is 2. The summed E-state index contributed by atoms with van der Waals surface area (Å²) in [6.07, 6.45) is 14.7. The Balaban J connectivity index is 0.000000413. The van der Waals surface area contributed by atoms with E-state index in [1.807, 2.05) is 24.5 Å². The van der Waals surface area contributed by atoms with Gasteiger partial charge in [-0.1, -0.05) is 121 Å². The summed E-state index contributed by atoms with van der Waals surface area (Å²) in [5.41, 5.74) is 13.5. The van der Waals surface area contributed by atoms with E-state index in [0.717, 1.165) is 22.5 Å². The van der Waals surface area contributed by atoms with Gasteiger partial charge in [-0.15, -0.1) is 0 Å². The molecule has 2 heterocycles. The Labute approximate surface area is 271 Å². The number of benzene rings is 5. The fourth-order valence-electron chi connectivity index (χ4n) is 5.96. The van der Waals surface area contributed by atoms with Gasteiger partial charge in [0.15, 0.2) is 0 Å². The van der Waals surface area contributed by atoms with E-state index in [9.17, 15) is 0 Å². The van der Waals surface area contributed by atoms with Crippen LogP contribution in [-0.4, -0.2) is 17.0 Å². The Morgan fingerprint density at radius 1 is 0.413 bits per heavy atom. The van der Waals surface area contributed by atoms with Crippen molar-refractivity contribution < 1.29 is 0 Å². The van der Waals surface area contributed by atoms with Gasteiger partial charge in [0, 0.05) is 23.5 Å². The van der Waals surface area contributed by atoms with Crippen molar-refractivity contribution in [1.29, 1.82) is 0 Å². The molecular formula is C43H37N3. The van der Waals surface area contributed by atoms with Gasteiger partial charge in [0.25, 0.3) is 0 Å². The average molecular weight is 596 g/mol. The van der Waals surface area contributed by atoms with E-state index in [1.165, 1.54) is 63.7 Å². The molecule has 0 saturated heterocycles. The van der Waals surface area contributed by atoms with Crippen molar-refractivity contribution >= 4 is 21.5 Å². The predicted molar refractivity (Wildman–Crippen MR) is 196 cm³/mol. The standard InChI is InChI=1S/C36H24N2.C6H8.CH5N/c1-3-11-25(12-4-1)27-17-19-29-31(23-27)35(33-15-7-9-21-37-33)30-20-18-28(26-13-5-2-6-14-26)24-32(30)36(29)34-16-8-10-22-38-34;1-2-4-6-5-3-1;1-2/h1-24H;1-4H,5-6H2;2H2,1H3. The quantitative estimate of drug-likeness (QED) is 0.206. The largest absolute Gasteiger partial charge is 0.333 e. The van der Waals surface area contributed by atoms with E-state index >= 15 is 0 Å². The molecule has 0 amide bonds. The smallest absolute Gasteiger partial charge is 0.0714 e. The third-order valence-electron chi connectivity index (χ3n) is 8.06. The number of hydrogen-bond donors (Lipinski definition) is 1. The monoisotopic (exact) mass is 595 g/mol. The summed E-state index contributed by atoms with van der Waals surface area (Å²) in [4.78, 5) is 9.64. The van der Waals surface area contributed by atoms with Crippen LogP contribution >= 0.6 is 0 Å². The van der Waals surface area contributed by atoms with Crippen LogP contribution in [0.2, 0.25) is 0 Å². The van der Waals surface area contributed by atoms with Crippen molar-refractivity contribution in [3.05, 3.63) is 170 Å². The molecule has 3 nitrogen and oxygen atoms in total. The van der Waals surface area contributed by atoms with E-state index < -0.39 is 0 Å². The molecule has 8 rings (SSSR count). The molecule has 46 heavy (non-hydrogen) atoms.